The number of carbonyl (C=O) groups is 1. The van der Waals surface area contributed by atoms with Crippen LogP contribution in [-0.4, -0.2) is 61.0 Å². The number of rotatable bonds is 2. The van der Waals surface area contributed by atoms with Crippen LogP contribution in [0.25, 0.3) is 0 Å². The summed E-state index contributed by atoms with van der Waals surface area (Å²) in [6, 6.07) is 6.93. The van der Waals surface area contributed by atoms with Crippen LogP contribution in [0, 0.1) is 17.7 Å². The van der Waals surface area contributed by atoms with Gasteiger partial charge >= 0.3 is 6.03 Å². The molecule has 0 aliphatic carbocycles. The Morgan fingerprint density at radius 2 is 1.90 bits per heavy atom. The van der Waals surface area contributed by atoms with Crippen molar-refractivity contribution in [1.29, 1.82) is 0 Å². The van der Waals surface area contributed by atoms with Crippen LogP contribution in [0.1, 0.15) is 5.56 Å². The minimum Gasteiger partial charge on any atom is -0.331 e. The van der Waals surface area contributed by atoms with Gasteiger partial charge in [0, 0.05) is 46.8 Å². The van der Waals surface area contributed by atoms with Gasteiger partial charge in [0.1, 0.15) is 5.82 Å². The highest BCUT2D eigenvalue weighted by atomic mass is 19.1. The maximum atomic E-state index is 13.2. The number of hydrogen-bond acceptors (Lipinski definition) is 2. The van der Waals surface area contributed by atoms with Gasteiger partial charge in [-0.1, -0.05) is 12.1 Å². The number of fused-ring (bicyclic) bond motifs is 1. The Balaban J connectivity index is 1.56. The first-order chi connectivity index (χ1) is 10.0. The van der Waals surface area contributed by atoms with E-state index in [1.54, 1.807) is 31.1 Å². The van der Waals surface area contributed by atoms with Crippen LogP contribution in [0.3, 0.4) is 0 Å². The molecule has 2 aliphatic rings. The van der Waals surface area contributed by atoms with Gasteiger partial charge in [-0.3, -0.25) is 4.90 Å². The van der Waals surface area contributed by atoms with Crippen LogP contribution >= 0.6 is 0 Å². The fraction of sp³-hybridized carbons (Fsp3) is 0.562. The zero-order valence-electron chi connectivity index (χ0n) is 12.6. The predicted molar refractivity (Wildman–Crippen MR) is 79.3 cm³/mol. The fourth-order valence-corrected chi connectivity index (χ4v) is 3.55. The quantitative estimate of drug-likeness (QED) is 0.832. The van der Waals surface area contributed by atoms with Crippen LogP contribution in [0.5, 0.6) is 0 Å². The molecule has 2 atom stereocenters. The molecule has 2 saturated heterocycles. The zero-order chi connectivity index (χ0) is 15.0. The van der Waals surface area contributed by atoms with Gasteiger partial charge in [-0.05, 0) is 29.5 Å². The molecule has 2 aliphatic heterocycles. The van der Waals surface area contributed by atoms with E-state index in [2.05, 4.69) is 4.90 Å². The highest BCUT2D eigenvalue weighted by Gasteiger charge is 2.41. The third-order valence-corrected chi connectivity index (χ3v) is 4.51. The van der Waals surface area contributed by atoms with Crippen LogP contribution in [-0.2, 0) is 6.54 Å². The van der Waals surface area contributed by atoms with E-state index in [1.807, 2.05) is 11.0 Å². The summed E-state index contributed by atoms with van der Waals surface area (Å²) in [6.45, 7) is 4.49. The van der Waals surface area contributed by atoms with Gasteiger partial charge in [-0.2, -0.15) is 0 Å². The van der Waals surface area contributed by atoms with Gasteiger partial charge in [0.05, 0.1) is 0 Å². The number of likely N-dealkylation sites (tertiary alicyclic amines) is 2. The molecule has 1 aromatic carbocycles. The Morgan fingerprint density at radius 3 is 2.48 bits per heavy atom. The van der Waals surface area contributed by atoms with E-state index in [-0.39, 0.29) is 11.8 Å². The molecule has 0 saturated carbocycles. The smallest absolute Gasteiger partial charge is 0.319 e. The molecule has 21 heavy (non-hydrogen) atoms. The number of carbonyl (C=O) groups excluding carboxylic acids is 1. The summed E-state index contributed by atoms with van der Waals surface area (Å²) >= 11 is 0. The summed E-state index contributed by atoms with van der Waals surface area (Å²) in [7, 11) is 3.60. The van der Waals surface area contributed by atoms with Gasteiger partial charge in [0.25, 0.3) is 0 Å². The van der Waals surface area contributed by atoms with Crippen molar-refractivity contribution in [3.8, 4) is 0 Å². The van der Waals surface area contributed by atoms with Gasteiger partial charge in [-0.25, -0.2) is 9.18 Å². The number of urea groups is 1. The van der Waals surface area contributed by atoms with E-state index in [0.29, 0.717) is 11.8 Å². The van der Waals surface area contributed by atoms with Crippen molar-refractivity contribution in [2.45, 2.75) is 6.54 Å². The van der Waals surface area contributed by atoms with E-state index < -0.39 is 0 Å². The summed E-state index contributed by atoms with van der Waals surface area (Å²) in [5.74, 6) is 0.944. The van der Waals surface area contributed by atoms with Gasteiger partial charge in [0.15, 0.2) is 0 Å². The lowest BCUT2D eigenvalue weighted by Crippen LogP contribution is -2.39. The summed E-state index contributed by atoms with van der Waals surface area (Å²) in [4.78, 5) is 18.0. The van der Waals surface area contributed by atoms with E-state index in [1.165, 1.54) is 6.07 Å². The van der Waals surface area contributed by atoms with Crippen LogP contribution < -0.4 is 0 Å². The molecule has 0 N–H and O–H groups in total. The summed E-state index contributed by atoms with van der Waals surface area (Å²) in [6.07, 6.45) is 0. The third kappa shape index (κ3) is 3.02. The van der Waals surface area contributed by atoms with Crippen LogP contribution in [0.4, 0.5) is 9.18 Å². The molecule has 114 valence electrons. The molecule has 0 bridgehead atoms. The summed E-state index contributed by atoms with van der Waals surface area (Å²) < 4.78 is 13.2. The van der Waals surface area contributed by atoms with E-state index in [0.717, 1.165) is 38.3 Å². The van der Waals surface area contributed by atoms with E-state index in [4.69, 9.17) is 0 Å². The molecule has 3 rings (SSSR count). The first kappa shape index (κ1) is 14.3. The largest absolute Gasteiger partial charge is 0.331 e. The number of benzene rings is 1. The number of nitrogens with zero attached hydrogens (tertiary/aromatic N) is 3. The molecule has 0 unspecified atom stereocenters. The molecule has 1 aromatic rings. The lowest BCUT2D eigenvalue weighted by Gasteiger charge is -2.24. The molecule has 2 amide bonds. The zero-order valence-corrected chi connectivity index (χ0v) is 12.6. The standard InChI is InChI=1S/C16H22FN3O/c1-18(2)16(21)20-10-13-8-19(9-14(13)11-20)7-12-4-3-5-15(17)6-12/h3-6,13-14H,7-11H2,1-2H3/t13-,14-/m0/s1. The van der Waals surface area contributed by atoms with E-state index >= 15 is 0 Å². The van der Waals surface area contributed by atoms with Crippen molar-refractivity contribution in [3.63, 3.8) is 0 Å². The van der Waals surface area contributed by atoms with Gasteiger partial charge < -0.3 is 9.80 Å². The van der Waals surface area contributed by atoms with Crippen molar-refractivity contribution < 1.29 is 9.18 Å². The second-order valence-corrected chi connectivity index (χ2v) is 6.43. The maximum Gasteiger partial charge on any atom is 0.319 e. The molecule has 0 aromatic heterocycles. The minimum atomic E-state index is -0.172. The Morgan fingerprint density at radius 1 is 1.24 bits per heavy atom. The molecule has 0 radical (unpaired) electrons. The van der Waals surface area contributed by atoms with Crippen molar-refractivity contribution in [2.24, 2.45) is 11.8 Å². The normalized spacial score (nSPS) is 25.2. The molecular formula is C16H22FN3O. The summed E-state index contributed by atoms with van der Waals surface area (Å²) in [5.41, 5.74) is 1.02. The lowest BCUT2D eigenvalue weighted by atomic mass is 10.0. The highest BCUT2D eigenvalue weighted by molar-refractivity contribution is 5.74. The second kappa shape index (κ2) is 5.64. The number of hydrogen-bond donors (Lipinski definition) is 0. The van der Waals surface area contributed by atoms with Crippen molar-refractivity contribution in [2.75, 3.05) is 40.3 Å². The van der Waals surface area contributed by atoms with Gasteiger partial charge in [-0.15, -0.1) is 0 Å². The van der Waals surface area contributed by atoms with Crippen molar-refractivity contribution >= 4 is 6.03 Å². The topological polar surface area (TPSA) is 26.8 Å². The minimum absolute atomic E-state index is 0.112. The summed E-state index contributed by atoms with van der Waals surface area (Å²) in [5, 5.41) is 0. The van der Waals surface area contributed by atoms with Crippen LogP contribution in [0.15, 0.2) is 24.3 Å². The Kier molecular flexibility index (Phi) is 3.85. The SMILES string of the molecule is CN(C)C(=O)N1C[C@@H]2CN(Cc3cccc(F)c3)C[C@H]2C1. The first-order valence-corrected chi connectivity index (χ1v) is 7.46. The van der Waals surface area contributed by atoms with Crippen molar-refractivity contribution in [1.82, 2.24) is 14.7 Å². The molecular weight excluding hydrogens is 269 g/mol. The molecule has 4 nitrogen and oxygen atoms in total. The Bertz CT molecular complexity index is 520. The van der Waals surface area contributed by atoms with E-state index in [9.17, 15) is 9.18 Å². The van der Waals surface area contributed by atoms with Crippen LogP contribution in [0.2, 0.25) is 0 Å². The number of halogens is 1. The third-order valence-electron chi connectivity index (χ3n) is 4.51. The molecule has 2 heterocycles. The fourth-order valence-electron chi connectivity index (χ4n) is 3.55. The maximum absolute atomic E-state index is 13.2. The Hall–Kier alpha value is -1.62. The monoisotopic (exact) mass is 291 g/mol. The highest BCUT2D eigenvalue weighted by Crippen LogP contribution is 2.32. The van der Waals surface area contributed by atoms with Crippen molar-refractivity contribution in [3.05, 3.63) is 35.6 Å². The second-order valence-electron chi connectivity index (χ2n) is 6.43. The first-order valence-electron chi connectivity index (χ1n) is 7.46. The predicted octanol–water partition coefficient (Wildman–Crippen LogP) is 1.87. The number of amides is 2. The average molecular weight is 291 g/mol. The molecule has 5 heteroatoms. The van der Waals surface area contributed by atoms with Gasteiger partial charge in [0.2, 0.25) is 0 Å². The molecule has 0 spiro atoms. The lowest BCUT2D eigenvalue weighted by molar-refractivity contribution is 0.173. The average Bonchev–Trinajstić information content (AvgIpc) is 2.95. The molecule has 2 fully saturated rings. The Labute approximate surface area is 125 Å².